The molecule has 0 unspecified atom stereocenters. The number of carbonyl (C=O) groups excluding carboxylic acids is 2. The van der Waals surface area contributed by atoms with Crippen LogP contribution in [0.5, 0.6) is 0 Å². The van der Waals surface area contributed by atoms with Crippen molar-refractivity contribution in [1.29, 1.82) is 5.26 Å². The number of nitriles is 1. The fourth-order valence-corrected chi connectivity index (χ4v) is 3.38. The molecule has 0 spiro atoms. The second-order valence-corrected chi connectivity index (χ2v) is 5.65. The Morgan fingerprint density at radius 2 is 1.54 bits per heavy atom. The Bertz CT molecular complexity index is 1170. The Kier molecular flexibility index (Phi) is 2.25. The number of amides is 2. The van der Waals surface area contributed by atoms with Crippen molar-refractivity contribution in [2.45, 2.75) is 0 Å². The Morgan fingerprint density at radius 3 is 2.21 bits per heavy atom. The number of hydrogen-bond acceptors (Lipinski definition) is 4. The molecule has 1 aliphatic heterocycles. The molecular weight excluding hydrogens is 304 g/mol. The summed E-state index contributed by atoms with van der Waals surface area (Å²) in [5.41, 5.74) is 2.00. The first-order chi connectivity index (χ1) is 11.7. The first-order valence-corrected chi connectivity index (χ1v) is 7.36. The van der Waals surface area contributed by atoms with Crippen LogP contribution in [0.1, 0.15) is 26.3 Å². The Hall–Kier alpha value is -3.65. The standard InChI is InChI=1S/C19H8N2O3/c20-9-12-11-4-2-1-3-10(11)5-6-13(12)21-18(22)16-14-7-8-15(24-14)17(16)19(21)23/h1-8H. The maximum absolute atomic E-state index is 12.8. The maximum Gasteiger partial charge on any atom is 0.270 e. The van der Waals surface area contributed by atoms with Gasteiger partial charge in [-0.25, -0.2) is 4.90 Å². The van der Waals surface area contributed by atoms with E-state index in [4.69, 9.17) is 4.42 Å². The van der Waals surface area contributed by atoms with Gasteiger partial charge in [0, 0.05) is 5.39 Å². The molecule has 0 saturated carbocycles. The summed E-state index contributed by atoms with van der Waals surface area (Å²) in [5.74, 6) is -0.896. The van der Waals surface area contributed by atoms with Crippen molar-refractivity contribution >= 4 is 39.4 Å². The zero-order valence-electron chi connectivity index (χ0n) is 12.2. The molecule has 2 aromatic carbocycles. The van der Waals surface area contributed by atoms with Gasteiger partial charge in [-0.2, -0.15) is 5.26 Å². The molecule has 0 aliphatic carbocycles. The lowest BCUT2D eigenvalue weighted by molar-refractivity contribution is 0.0926. The van der Waals surface area contributed by atoms with Crippen LogP contribution in [0, 0.1) is 11.3 Å². The Morgan fingerprint density at radius 1 is 0.875 bits per heavy atom. The third-order valence-corrected chi connectivity index (χ3v) is 4.44. The van der Waals surface area contributed by atoms with Gasteiger partial charge in [0.1, 0.15) is 17.2 Å². The van der Waals surface area contributed by atoms with Gasteiger partial charge in [0.05, 0.1) is 22.4 Å². The van der Waals surface area contributed by atoms with E-state index in [2.05, 4.69) is 6.07 Å². The van der Waals surface area contributed by atoms with Gasteiger partial charge >= 0.3 is 0 Å². The summed E-state index contributed by atoms with van der Waals surface area (Å²) < 4.78 is 5.41. The molecule has 1 aliphatic rings. The molecule has 112 valence electrons. The lowest BCUT2D eigenvalue weighted by Crippen LogP contribution is -2.30. The summed E-state index contributed by atoms with van der Waals surface area (Å²) in [4.78, 5) is 26.6. The monoisotopic (exact) mass is 312 g/mol. The van der Waals surface area contributed by atoms with Gasteiger partial charge in [0.15, 0.2) is 0 Å². The second kappa shape index (κ2) is 4.21. The van der Waals surface area contributed by atoms with E-state index in [0.29, 0.717) is 27.8 Å². The lowest BCUT2D eigenvalue weighted by Gasteiger charge is -2.17. The number of anilines is 1. The van der Waals surface area contributed by atoms with Gasteiger partial charge in [-0.1, -0.05) is 30.3 Å². The highest BCUT2D eigenvalue weighted by Gasteiger charge is 2.43. The van der Waals surface area contributed by atoms with Crippen LogP contribution in [0.15, 0.2) is 52.9 Å². The van der Waals surface area contributed by atoms with Gasteiger partial charge in [0.25, 0.3) is 11.8 Å². The van der Waals surface area contributed by atoms with E-state index in [9.17, 15) is 14.9 Å². The van der Waals surface area contributed by atoms with Crippen LogP contribution in [-0.2, 0) is 0 Å². The van der Waals surface area contributed by atoms with Crippen molar-refractivity contribution in [3.05, 3.63) is 65.2 Å². The molecule has 0 saturated heterocycles. The topological polar surface area (TPSA) is 74.3 Å². The van der Waals surface area contributed by atoms with Crippen molar-refractivity contribution in [1.82, 2.24) is 0 Å². The van der Waals surface area contributed by atoms with E-state index in [-0.39, 0.29) is 11.1 Å². The summed E-state index contributed by atoms with van der Waals surface area (Å²) in [6.07, 6.45) is 0. The highest BCUT2D eigenvalue weighted by Crippen LogP contribution is 2.39. The number of rotatable bonds is 1. The molecule has 0 radical (unpaired) electrons. The Balaban J connectivity index is 1.77. The first-order valence-electron chi connectivity index (χ1n) is 7.36. The molecule has 5 nitrogen and oxygen atoms in total. The first kappa shape index (κ1) is 12.9. The lowest BCUT2D eigenvalue weighted by atomic mass is 10.0. The molecule has 4 aromatic rings. The van der Waals surface area contributed by atoms with Gasteiger partial charge in [-0.15, -0.1) is 0 Å². The minimum absolute atomic E-state index is 0.287. The molecule has 5 rings (SSSR count). The number of fused-ring (bicyclic) bond motifs is 6. The van der Waals surface area contributed by atoms with E-state index in [0.717, 1.165) is 10.3 Å². The van der Waals surface area contributed by atoms with Crippen molar-refractivity contribution < 1.29 is 14.0 Å². The number of hydrogen-bond donors (Lipinski definition) is 0. The summed E-state index contributed by atoms with van der Waals surface area (Å²) in [6, 6.07) is 16.3. The highest BCUT2D eigenvalue weighted by molar-refractivity contribution is 6.39. The number of nitrogens with zero attached hydrogens (tertiary/aromatic N) is 2. The van der Waals surface area contributed by atoms with Crippen LogP contribution in [-0.4, -0.2) is 11.8 Å². The molecule has 2 aromatic heterocycles. The third-order valence-electron chi connectivity index (χ3n) is 4.44. The maximum atomic E-state index is 12.8. The van der Waals surface area contributed by atoms with Gasteiger partial charge < -0.3 is 4.42 Å². The average Bonchev–Trinajstić information content (AvgIpc) is 3.28. The molecule has 5 heteroatoms. The average molecular weight is 312 g/mol. The summed E-state index contributed by atoms with van der Waals surface area (Å²) >= 11 is 0. The van der Waals surface area contributed by atoms with Crippen LogP contribution in [0.2, 0.25) is 0 Å². The number of furan rings is 2. The van der Waals surface area contributed by atoms with Crippen LogP contribution < -0.4 is 4.90 Å². The number of benzene rings is 3. The molecule has 24 heavy (non-hydrogen) atoms. The van der Waals surface area contributed by atoms with Crippen molar-refractivity contribution in [3.63, 3.8) is 0 Å². The number of carbonyl (C=O) groups is 2. The van der Waals surface area contributed by atoms with Crippen LogP contribution >= 0.6 is 0 Å². The van der Waals surface area contributed by atoms with E-state index >= 15 is 0 Å². The normalized spacial score (nSPS) is 13.9. The minimum atomic E-state index is -0.448. The van der Waals surface area contributed by atoms with Gasteiger partial charge in [0.2, 0.25) is 0 Å². The largest absolute Gasteiger partial charge is 0.456 e. The van der Waals surface area contributed by atoms with E-state index in [1.54, 1.807) is 30.3 Å². The molecule has 2 bridgehead atoms. The van der Waals surface area contributed by atoms with E-state index in [1.165, 1.54) is 0 Å². The molecule has 2 amide bonds. The minimum Gasteiger partial charge on any atom is -0.456 e. The van der Waals surface area contributed by atoms with Gasteiger partial charge in [-0.3, -0.25) is 9.59 Å². The summed E-state index contributed by atoms with van der Waals surface area (Å²) in [6.45, 7) is 0. The fourth-order valence-electron chi connectivity index (χ4n) is 3.38. The fraction of sp³-hybridized carbons (Fsp3) is 0. The van der Waals surface area contributed by atoms with Crippen molar-refractivity contribution in [3.8, 4) is 6.07 Å². The van der Waals surface area contributed by atoms with Crippen molar-refractivity contribution in [2.75, 3.05) is 4.90 Å². The third kappa shape index (κ3) is 1.38. The summed E-state index contributed by atoms with van der Waals surface area (Å²) in [7, 11) is 0. The predicted octanol–water partition coefficient (Wildman–Crippen LogP) is 3.70. The molecule has 0 atom stereocenters. The molecule has 0 N–H and O–H groups in total. The Labute approximate surface area is 135 Å². The SMILES string of the molecule is N#Cc1c(N2C(=O)c3c(c4ccc3o4)C2=O)ccc2ccccc12. The zero-order valence-corrected chi connectivity index (χ0v) is 12.2. The zero-order chi connectivity index (χ0) is 16.4. The molecule has 0 fully saturated rings. The number of imide groups is 1. The smallest absolute Gasteiger partial charge is 0.270 e. The van der Waals surface area contributed by atoms with Crippen LogP contribution in [0.25, 0.3) is 21.9 Å². The van der Waals surface area contributed by atoms with Gasteiger partial charge in [-0.05, 0) is 23.6 Å². The second-order valence-electron chi connectivity index (χ2n) is 5.65. The van der Waals surface area contributed by atoms with E-state index < -0.39 is 11.8 Å². The molecular formula is C19H8N2O3. The summed E-state index contributed by atoms with van der Waals surface area (Å²) in [5, 5.41) is 11.2. The molecule has 3 heterocycles. The van der Waals surface area contributed by atoms with Crippen LogP contribution in [0.4, 0.5) is 5.69 Å². The van der Waals surface area contributed by atoms with Crippen molar-refractivity contribution in [2.24, 2.45) is 0 Å². The quantitative estimate of drug-likeness (QED) is 0.502. The van der Waals surface area contributed by atoms with E-state index in [1.807, 2.05) is 18.2 Å². The predicted molar refractivity (Wildman–Crippen MR) is 87.2 cm³/mol. The highest BCUT2D eigenvalue weighted by atomic mass is 16.3. The van der Waals surface area contributed by atoms with Crippen LogP contribution in [0.3, 0.4) is 0 Å².